The number of carbonyl (C=O) groups is 2. The molecule has 2 aromatic heterocycles. The highest BCUT2D eigenvalue weighted by Crippen LogP contribution is 2.21. The average molecular weight is 376 g/mol. The van der Waals surface area contributed by atoms with E-state index in [9.17, 15) is 18.4 Å². The number of hydrogen-bond acceptors (Lipinski definition) is 5. The van der Waals surface area contributed by atoms with Crippen molar-refractivity contribution in [2.24, 2.45) is 0 Å². The molecule has 0 atom stereocenters. The Hall–Kier alpha value is -2.94. The lowest BCUT2D eigenvalue weighted by Gasteiger charge is -2.38. The van der Waals surface area contributed by atoms with Crippen molar-refractivity contribution >= 4 is 11.8 Å². The summed E-state index contributed by atoms with van der Waals surface area (Å²) in [5.41, 5.74) is -0.487. The Morgan fingerprint density at radius 2 is 1.56 bits per heavy atom. The van der Waals surface area contributed by atoms with E-state index in [1.54, 1.807) is 0 Å². The summed E-state index contributed by atoms with van der Waals surface area (Å²) in [7, 11) is 0. The van der Waals surface area contributed by atoms with E-state index < -0.39 is 29.2 Å². The summed E-state index contributed by atoms with van der Waals surface area (Å²) in [5, 5.41) is 5.59. The van der Waals surface area contributed by atoms with Crippen LogP contribution in [0.1, 0.15) is 33.6 Å². The fraction of sp³-hybridized carbons (Fsp3) is 0.333. The molecule has 1 aliphatic rings. The van der Waals surface area contributed by atoms with Crippen LogP contribution in [0, 0.1) is 11.9 Å². The Morgan fingerprint density at radius 1 is 1.00 bits per heavy atom. The van der Waals surface area contributed by atoms with E-state index in [1.165, 1.54) is 24.5 Å². The zero-order valence-corrected chi connectivity index (χ0v) is 14.4. The van der Waals surface area contributed by atoms with Crippen LogP contribution in [0.25, 0.3) is 0 Å². The van der Waals surface area contributed by atoms with E-state index in [0.29, 0.717) is 26.1 Å². The van der Waals surface area contributed by atoms with Gasteiger partial charge in [0.15, 0.2) is 0 Å². The zero-order valence-electron chi connectivity index (χ0n) is 14.4. The number of nitrogens with zero attached hydrogens (tertiary/aromatic N) is 2. The number of carbonyl (C=O) groups excluding carboxylic acids is 2. The van der Waals surface area contributed by atoms with Crippen molar-refractivity contribution in [3.05, 3.63) is 59.7 Å². The second kappa shape index (κ2) is 8.17. The Balaban J connectivity index is 1.71. The van der Waals surface area contributed by atoms with Crippen LogP contribution >= 0.6 is 0 Å². The van der Waals surface area contributed by atoms with Gasteiger partial charge in [0.05, 0.1) is 5.54 Å². The maximum atomic E-state index is 13.3. The van der Waals surface area contributed by atoms with Gasteiger partial charge >= 0.3 is 0 Å². The normalized spacial score (nSPS) is 15.8. The van der Waals surface area contributed by atoms with Crippen LogP contribution in [-0.2, 0) is 4.74 Å². The average Bonchev–Trinajstić information content (AvgIpc) is 2.67. The molecule has 1 fully saturated rings. The quantitative estimate of drug-likeness (QED) is 0.771. The predicted molar refractivity (Wildman–Crippen MR) is 91.0 cm³/mol. The number of ether oxygens (including phenoxy) is 1. The topological polar surface area (TPSA) is 93.2 Å². The van der Waals surface area contributed by atoms with E-state index in [-0.39, 0.29) is 17.7 Å². The van der Waals surface area contributed by atoms with E-state index in [2.05, 4.69) is 20.6 Å². The number of rotatable bonds is 5. The molecular formula is C18H18F2N4O3. The number of nitrogens with one attached hydrogen (secondary N) is 2. The zero-order chi connectivity index (χ0) is 19.3. The van der Waals surface area contributed by atoms with Crippen molar-refractivity contribution in [3.63, 3.8) is 0 Å². The number of halogens is 2. The lowest BCUT2D eigenvalue weighted by Crippen LogP contribution is -2.58. The first-order valence-corrected chi connectivity index (χ1v) is 8.39. The smallest absolute Gasteiger partial charge is 0.251 e. The van der Waals surface area contributed by atoms with E-state index >= 15 is 0 Å². The van der Waals surface area contributed by atoms with E-state index in [4.69, 9.17) is 4.74 Å². The maximum Gasteiger partial charge on any atom is 0.251 e. The van der Waals surface area contributed by atoms with Crippen LogP contribution in [-0.4, -0.2) is 47.1 Å². The van der Waals surface area contributed by atoms with E-state index in [0.717, 1.165) is 12.1 Å². The second-order valence-electron chi connectivity index (χ2n) is 6.26. The van der Waals surface area contributed by atoms with Crippen LogP contribution < -0.4 is 10.6 Å². The van der Waals surface area contributed by atoms with Crippen LogP contribution in [0.15, 0.2) is 36.7 Å². The molecule has 7 nitrogen and oxygen atoms in total. The molecule has 3 heterocycles. The van der Waals surface area contributed by atoms with Crippen molar-refractivity contribution in [2.45, 2.75) is 18.4 Å². The number of aromatic nitrogens is 2. The molecule has 142 valence electrons. The Morgan fingerprint density at radius 3 is 2.11 bits per heavy atom. The standard InChI is InChI=1S/C18H18F2N4O3/c19-14-9-12(1-5-21-14)16(25)23-11-18(3-7-27-8-4-18)24-17(26)13-2-6-22-15(20)10-13/h1-2,5-6,9-10H,3-4,7-8,11H2,(H,23,25)(H,24,26). The largest absolute Gasteiger partial charge is 0.381 e. The molecule has 1 saturated heterocycles. The van der Waals surface area contributed by atoms with Crippen molar-refractivity contribution in [3.8, 4) is 0 Å². The summed E-state index contributed by atoms with van der Waals surface area (Å²) in [6, 6.07) is 4.88. The van der Waals surface area contributed by atoms with Crippen LogP contribution in [0.4, 0.5) is 8.78 Å². The van der Waals surface area contributed by atoms with Gasteiger partial charge in [-0.05, 0) is 25.0 Å². The van der Waals surface area contributed by atoms with Gasteiger partial charge in [-0.15, -0.1) is 0 Å². The predicted octanol–water partition coefficient (Wildman–Crippen LogP) is 1.46. The molecular weight excluding hydrogens is 358 g/mol. The Labute approximate surface area is 154 Å². The summed E-state index contributed by atoms with van der Waals surface area (Å²) < 4.78 is 31.8. The number of amides is 2. The molecule has 0 saturated carbocycles. The molecule has 2 aromatic rings. The van der Waals surface area contributed by atoms with Gasteiger partial charge in [-0.25, -0.2) is 9.97 Å². The van der Waals surface area contributed by atoms with Gasteiger partial charge in [0, 0.05) is 55.4 Å². The number of pyridine rings is 2. The minimum Gasteiger partial charge on any atom is -0.381 e. The van der Waals surface area contributed by atoms with Crippen LogP contribution in [0.5, 0.6) is 0 Å². The summed E-state index contributed by atoms with van der Waals surface area (Å²) >= 11 is 0. The molecule has 3 rings (SSSR count). The van der Waals surface area contributed by atoms with Gasteiger partial charge in [0.25, 0.3) is 11.8 Å². The van der Waals surface area contributed by atoms with Crippen molar-refractivity contribution in [1.29, 1.82) is 0 Å². The van der Waals surface area contributed by atoms with Gasteiger partial charge in [-0.1, -0.05) is 0 Å². The summed E-state index contributed by atoms with van der Waals surface area (Å²) in [4.78, 5) is 31.6. The molecule has 0 aromatic carbocycles. The molecule has 9 heteroatoms. The molecule has 0 bridgehead atoms. The number of hydrogen-bond donors (Lipinski definition) is 2. The third-order valence-corrected chi connectivity index (χ3v) is 4.39. The minimum atomic E-state index is -0.754. The van der Waals surface area contributed by atoms with Crippen LogP contribution in [0.2, 0.25) is 0 Å². The summed E-state index contributed by atoms with van der Waals surface area (Å²) in [6.45, 7) is 0.938. The van der Waals surface area contributed by atoms with Gasteiger partial charge in [-0.3, -0.25) is 9.59 Å². The molecule has 0 radical (unpaired) electrons. The fourth-order valence-corrected chi connectivity index (χ4v) is 2.86. The lowest BCUT2D eigenvalue weighted by atomic mass is 9.89. The van der Waals surface area contributed by atoms with Gasteiger partial charge in [0.2, 0.25) is 11.9 Å². The summed E-state index contributed by atoms with van der Waals surface area (Å²) in [5.74, 6) is -2.46. The fourth-order valence-electron chi connectivity index (χ4n) is 2.86. The monoisotopic (exact) mass is 376 g/mol. The third kappa shape index (κ3) is 4.82. The second-order valence-corrected chi connectivity index (χ2v) is 6.26. The highest BCUT2D eigenvalue weighted by molar-refractivity contribution is 5.95. The third-order valence-electron chi connectivity index (χ3n) is 4.39. The first kappa shape index (κ1) is 18.8. The van der Waals surface area contributed by atoms with E-state index in [1.807, 2.05) is 0 Å². The van der Waals surface area contributed by atoms with Gasteiger partial charge < -0.3 is 15.4 Å². The first-order chi connectivity index (χ1) is 13.0. The first-order valence-electron chi connectivity index (χ1n) is 8.39. The molecule has 0 spiro atoms. The minimum absolute atomic E-state index is 0.123. The lowest BCUT2D eigenvalue weighted by molar-refractivity contribution is 0.0352. The molecule has 1 aliphatic heterocycles. The van der Waals surface area contributed by atoms with Crippen molar-refractivity contribution in [1.82, 2.24) is 20.6 Å². The van der Waals surface area contributed by atoms with Crippen LogP contribution in [0.3, 0.4) is 0 Å². The van der Waals surface area contributed by atoms with Crippen molar-refractivity contribution in [2.75, 3.05) is 19.8 Å². The maximum absolute atomic E-state index is 13.3. The summed E-state index contributed by atoms with van der Waals surface area (Å²) in [6.07, 6.45) is 3.35. The SMILES string of the molecule is O=C(NCC1(NC(=O)c2ccnc(F)c2)CCOCC1)c1ccnc(F)c1. The van der Waals surface area contributed by atoms with Gasteiger partial charge in [0.1, 0.15) is 0 Å². The highest BCUT2D eigenvalue weighted by atomic mass is 19.1. The molecule has 2 N–H and O–H groups in total. The Bertz CT molecular complexity index is 841. The molecule has 27 heavy (non-hydrogen) atoms. The van der Waals surface area contributed by atoms with Gasteiger partial charge in [-0.2, -0.15) is 8.78 Å². The molecule has 0 aliphatic carbocycles. The van der Waals surface area contributed by atoms with Crippen molar-refractivity contribution < 1.29 is 23.1 Å². The molecule has 0 unspecified atom stereocenters. The highest BCUT2D eigenvalue weighted by Gasteiger charge is 2.35. The molecule has 2 amide bonds. The Kier molecular flexibility index (Phi) is 5.70.